The highest BCUT2D eigenvalue weighted by Gasteiger charge is 2.25. The Labute approximate surface area is 163 Å². The van der Waals surface area contributed by atoms with E-state index in [0.717, 1.165) is 12.8 Å². The van der Waals surface area contributed by atoms with Crippen molar-refractivity contribution in [3.63, 3.8) is 0 Å². The summed E-state index contributed by atoms with van der Waals surface area (Å²) in [5.74, 6) is -1.05. The molecular formula is C21H23N3O4. The van der Waals surface area contributed by atoms with E-state index < -0.39 is 12.0 Å². The van der Waals surface area contributed by atoms with Crippen molar-refractivity contribution in [3.05, 3.63) is 65.7 Å². The molecule has 7 nitrogen and oxygen atoms in total. The summed E-state index contributed by atoms with van der Waals surface area (Å²) in [5.41, 5.74) is 1.54. The maximum Gasteiger partial charge on any atom is 0.327 e. The Balaban J connectivity index is 1.63. The first-order chi connectivity index (χ1) is 13.6. The van der Waals surface area contributed by atoms with Crippen LogP contribution in [0.15, 0.2) is 54.6 Å². The number of rotatable bonds is 8. The minimum atomic E-state index is -0.759. The lowest BCUT2D eigenvalue weighted by Crippen LogP contribution is -2.36. The molecule has 146 valence electrons. The maximum atomic E-state index is 12.4. The Morgan fingerprint density at radius 3 is 2.39 bits per heavy atom. The molecule has 1 fully saturated rings. The topological polar surface area (TPSA) is 96.5 Å². The number of hydrogen-bond acceptors (Lipinski definition) is 5. The third kappa shape index (κ3) is 5.17. The van der Waals surface area contributed by atoms with Crippen molar-refractivity contribution in [1.29, 1.82) is 0 Å². The van der Waals surface area contributed by atoms with Crippen LogP contribution in [0.5, 0.6) is 0 Å². The van der Waals surface area contributed by atoms with Gasteiger partial charge in [-0.2, -0.15) is 0 Å². The number of para-hydroxylation sites is 1. The SMILES string of the molecule is COC(=O)[C@@H](NCC(=O)Nc1ccccc1C(=O)NC1CC1)c1ccccc1. The fraction of sp³-hybridized carbons (Fsp3) is 0.286. The molecule has 0 unspecified atom stereocenters. The number of methoxy groups -OCH3 is 1. The minimum absolute atomic E-state index is 0.118. The van der Waals surface area contributed by atoms with Crippen LogP contribution in [0, 0.1) is 0 Å². The second kappa shape index (κ2) is 9.14. The first-order valence-electron chi connectivity index (χ1n) is 9.14. The van der Waals surface area contributed by atoms with Crippen LogP contribution in [0.2, 0.25) is 0 Å². The minimum Gasteiger partial charge on any atom is -0.468 e. The van der Waals surface area contributed by atoms with Crippen molar-refractivity contribution in [1.82, 2.24) is 10.6 Å². The van der Waals surface area contributed by atoms with Crippen LogP contribution in [0.4, 0.5) is 5.69 Å². The lowest BCUT2D eigenvalue weighted by Gasteiger charge is -2.17. The largest absolute Gasteiger partial charge is 0.468 e. The normalized spacial score (nSPS) is 14.0. The summed E-state index contributed by atoms with van der Waals surface area (Å²) in [6.45, 7) is -0.118. The average Bonchev–Trinajstić information content (AvgIpc) is 3.53. The summed E-state index contributed by atoms with van der Waals surface area (Å²) in [6.07, 6.45) is 1.97. The van der Waals surface area contributed by atoms with Crippen molar-refractivity contribution < 1.29 is 19.1 Å². The Bertz CT molecular complexity index is 850. The summed E-state index contributed by atoms with van der Waals surface area (Å²) in [7, 11) is 1.30. The molecular weight excluding hydrogens is 358 g/mol. The Kier molecular flexibility index (Phi) is 6.39. The standard InChI is InChI=1S/C21H23N3O4/c1-28-21(27)19(14-7-3-2-4-8-14)22-13-18(25)24-17-10-6-5-9-16(17)20(26)23-15-11-12-15/h2-10,15,19,22H,11-13H2,1H3,(H,23,26)(H,24,25)/t19-/m0/s1. The van der Waals surface area contributed by atoms with Crippen LogP contribution >= 0.6 is 0 Å². The van der Waals surface area contributed by atoms with E-state index in [2.05, 4.69) is 16.0 Å². The van der Waals surface area contributed by atoms with Crippen LogP contribution in [0.1, 0.15) is 34.8 Å². The van der Waals surface area contributed by atoms with Gasteiger partial charge in [-0.25, -0.2) is 4.79 Å². The number of benzene rings is 2. The number of nitrogens with one attached hydrogen (secondary N) is 3. The molecule has 0 radical (unpaired) electrons. The van der Waals surface area contributed by atoms with Gasteiger partial charge in [-0.05, 0) is 30.5 Å². The predicted octanol–water partition coefficient (Wildman–Crippen LogP) is 2.02. The third-order valence-electron chi connectivity index (χ3n) is 4.39. The van der Waals surface area contributed by atoms with Gasteiger partial charge in [0.25, 0.3) is 5.91 Å². The van der Waals surface area contributed by atoms with Crippen molar-refractivity contribution >= 4 is 23.5 Å². The summed E-state index contributed by atoms with van der Waals surface area (Å²) in [5, 5.41) is 8.56. The van der Waals surface area contributed by atoms with Crippen molar-refractivity contribution in [2.75, 3.05) is 19.0 Å². The second-order valence-corrected chi connectivity index (χ2v) is 6.59. The number of hydrogen-bond donors (Lipinski definition) is 3. The lowest BCUT2D eigenvalue weighted by molar-refractivity contribution is -0.143. The molecule has 0 aromatic heterocycles. The number of amides is 2. The van der Waals surface area contributed by atoms with Gasteiger partial charge in [0.05, 0.1) is 24.9 Å². The van der Waals surface area contributed by atoms with Gasteiger partial charge in [0.15, 0.2) is 0 Å². The van der Waals surface area contributed by atoms with Gasteiger partial charge in [-0.1, -0.05) is 42.5 Å². The van der Waals surface area contributed by atoms with Gasteiger partial charge in [-0.15, -0.1) is 0 Å². The van der Waals surface area contributed by atoms with E-state index in [1.54, 1.807) is 36.4 Å². The van der Waals surface area contributed by atoms with E-state index in [1.807, 2.05) is 18.2 Å². The van der Waals surface area contributed by atoms with E-state index in [-0.39, 0.29) is 24.4 Å². The van der Waals surface area contributed by atoms with Gasteiger partial charge >= 0.3 is 5.97 Å². The highest BCUT2D eigenvalue weighted by atomic mass is 16.5. The molecule has 0 heterocycles. The van der Waals surface area contributed by atoms with Gasteiger partial charge in [0.1, 0.15) is 6.04 Å². The highest BCUT2D eigenvalue weighted by Crippen LogP contribution is 2.21. The zero-order valence-electron chi connectivity index (χ0n) is 15.6. The first-order valence-corrected chi connectivity index (χ1v) is 9.14. The molecule has 28 heavy (non-hydrogen) atoms. The first kappa shape index (κ1) is 19.6. The molecule has 0 spiro atoms. The predicted molar refractivity (Wildman–Crippen MR) is 105 cm³/mol. The van der Waals surface area contributed by atoms with E-state index >= 15 is 0 Å². The number of anilines is 1. The van der Waals surface area contributed by atoms with Gasteiger partial charge in [0.2, 0.25) is 5.91 Å². The maximum absolute atomic E-state index is 12.4. The third-order valence-corrected chi connectivity index (χ3v) is 4.39. The molecule has 2 amide bonds. The van der Waals surface area contributed by atoms with Gasteiger partial charge in [-0.3, -0.25) is 14.9 Å². The molecule has 1 atom stereocenters. The van der Waals surface area contributed by atoms with Gasteiger partial charge < -0.3 is 15.4 Å². The zero-order valence-corrected chi connectivity index (χ0v) is 15.6. The number of esters is 1. The summed E-state index contributed by atoms with van der Waals surface area (Å²) < 4.78 is 4.82. The van der Waals surface area contributed by atoms with Crippen LogP contribution in [0.25, 0.3) is 0 Å². The van der Waals surface area contributed by atoms with Crippen molar-refractivity contribution in [2.45, 2.75) is 24.9 Å². The monoisotopic (exact) mass is 381 g/mol. The van der Waals surface area contributed by atoms with E-state index in [4.69, 9.17) is 4.74 Å². The Morgan fingerprint density at radius 1 is 1.04 bits per heavy atom. The molecule has 3 N–H and O–H groups in total. The van der Waals surface area contributed by atoms with Crippen molar-refractivity contribution in [2.24, 2.45) is 0 Å². The van der Waals surface area contributed by atoms with Crippen molar-refractivity contribution in [3.8, 4) is 0 Å². The molecule has 1 aliphatic carbocycles. The lowest BCUT2D eigenvalue weighted by atomic mass is 10.1. The van der Waals surface area contributed by atoms with Crippen LogP contribution in [0.3, 0.4) is 0 Å². The molecule has 0 bridgehead atoms. The number of carbonyl (C=O) groups excluding carboxylic acids is 3. The quantitative estimate of drug-likeness (QED) is 0.608. The average molecular weight is 381 g/mol. The fourth-order valence-electron chi connectivity index (χ4n) is 2.77. The smallest absolute Gasteiger partial charge is 0.327 e. The molecule has 2 aromatic carbocycles. The molecule has 7 heteroatoms. The molecule has 0 aliphatic heterocycles. The van der Waals surface area contributed by atoms with E-state index in [1.165, 1.54) is 7.11 Å². The van der Waals surface area contributed by atoms with Crippen LogP contribution in [-0.2, 0) is 14.3 Å². The second-order valence-electron chi connectivity index (χ2n) is 6.59. The van der Waals surface area contributed by atoms with E-state index in [0.29, 0.717) is 16.8 Å². The molecule has 0 saturated heterocycles. The number of ether oxygens (including phenoxy) is 1. The van der Waals surface area contributed by atoms with E-state index in [9.17, 15) is 14.4 Å². The fourth-order valence-corrected chi connectivity index (χ4v) is 2.77. The molecule has 1 saturated carbocycles. The Hall–Kier alpha value is -3.19. The number of carbonyl (C=O) groups is 3. The summed E-state index contributed by atoms with van der Waals surface area (Å²) in [6, 6.07) is 15.3. The highest BCUT2D eigenvalue weighted by molar-refractivity contribution is 6.04. The zero-order chi connectivity index (χ0) is 19.9. The summed E-state index contributed by atoms with van der Waals surface area (Å²) >= 11 is 0. The molecule has 1 aliphatic rings. The molecule has 3 rings (SSSR count). The Morgan fingerprint density at radius 2 is 1.71 bits per heavy atom. The van der Waals surface area contributed by atoms with Crippen LogP contribution in [-0.4, -0.2) is 37.5 Å². The van der Waals surface area contributed by atoms with Crippen LogP contribution < -0.4 is 16.0 Å². The summed E-state index contributed by atoms with van der Waals surface area (Å²) in [4.78, 5) is 36.8. The molecule has 2 aromatic rings. The van der Waals surface area contributed by atoms with Gasteiger partial charge in [0, 0.05) is 6.04 Å².